The lowest BCUT2D eigenvalue weighted by Gasteiger charge is -2.22. The van der Waals surface area contributed by atoms with Gasteiger partial charge in [0.1, 0.15) is 0 Å². The van der Waals surface area contributed by atoms with Crippen molar-refractivity contribution in [1.29, 1.82) is 0 Å². The molecule has 1 N–H and O–H groups in total. The van der Waals surface area contributed by atoms with Gasteiger partial charge in [0.05, 0.1) is 11.7 Å². The van der Waals surface area contributed by atoms with E-state index in [-0.39, 0.29) is 11.9 Å². The maximum Gasteiger partial charge on any atom is 0.257 e. The largest absolute Gasteiger partial charge is 0.359 e. The van der Waals surface area contributed by atoms with Crippen LogP contribution in [0.15, 0.2) is 46.4 Å². The molecule has 0 bridgehead atoms. The average molecular weight is 368 g/mol. The lowest BCUT2D eigenvalue weighted by atomic mass is 10.1. The van der Waals surface area contributed by atoms with Gasteiger partial charge in [-0.25, -0.2) is 4.98 Å². The topological polar surface area (TPSA) is 71.3 Å². The van der Waals surface area contributed by atoms with Crippen LogP contribution in [0.1, 0.15) is 46.3 Å². The second-order valence-corrected chi connectivity index (χ2v) is 7.38. The van der Waals surface area contributed by atoms with Gasteiger partial charge in [-0.05, 0) is 44.0 Å². The van der Waals surface area contributed by atoms with E-state index in [9.17, 15) is 4.79 Å². The van der Waals surface area contributed by atoms with Crippen LogP contribution in [0, 0.1) is 6.92 Å². The van der Waals surface area contributed by atoms with Crippen LogP contribution in [0.4, 0.5) is 5.13 Å². The standard InChI is InChI=1S/C19H20N4O2S/c1-13-11-17(25-22-13)16-3-2-9-23(16)12-14-4-6-15(7-5-14)18(24)21-19-20-8-10-26-19/h4-8,10-11,16H,2-3,9,12H2,1H3,(H,20,21,24)/t16-/m0/s1. The molecule has 7 heteroatoms. The number of thiazole rings is 1. The maximum atomic E-state index is 12.2. The van der Waals surface area contributed by atoms with Crippen molar-refractivity contribution in [2.24, 2.45) is 0 Å². The monoisotopic (exact) mass is 368 g/mol. The van der Waals surface area contributed by atoms with Gasteiger partial charge in [-0.2, -0.15) is 0 Å². The fraction of sp³-hybridized carbons (Fsp3) is 0.316. The molecular formula is C19H20N4O2S. The number of carbonyl (C=O) groups is 1. The Morgan fingerprint density at radius 1 is 1.38 bits per heavy atom. The van der Waals surface area contributed by atoms with Crippen molar-refractivity contribution in [1.82, 2.24) is 15.0 Å². The van der Waals surface area contributed by atoms with Crippen molar-refractivity contribution in [3.8, 4) is 0 Å². The second kappa shape index (κ2) is 7.39. The fourth-order valence-electron chi connectivity index (χ4n) is 3.33. The Kier molecular flexibility index (Phi) is 4.81. The Bertz CT molecular complexity index is 873. The van der Waals surface area contributed by atoms with Crippen LogP contribution in [-0.2, 0) is 6.54 Å². The summed E-state index contributed by atoms with van der Waals surface area (Å²) in [5.74, 6) is 0.808. The summed E-state index contributed by atoms with van der Waals surface area (Å²) in [5, 5.41) is 9.26. The first-order chi connectivity index (χ1) is 12.7. The predicted molar refractivity (Wildman–Crippen MR) is 100 cm³/mol. The lowest BCUT2D eigenvalue weighted by molar-refractivity contribution is 0.102. The van der Waals surface area contributed by atoms with Gasteiger partial charge in [-0.1, -0.05) is 17.3 Å². The quantitative estimate of drug-likeness (QED) is 0.736. The van der Waals surface area contributed by atoms with E-state index in [1.807, 2.05) is 42.6 Å². The number of carbonyl (C=O) groups excluding carboxylic acids is 1. The molecular weight excluding hydrogens is 348 g/mol. The van der Waals surface area contributed by atoms with Crippen LogP contribution in [0.3, 0.4) is 0 Å². The normalized spacial score (nSPS) is 17.5. The van der Waals surface area contributed by atoms with Crippen molar-refractivity contribution in [2.75, 3.05) is 11.9 Å². The fourth-order valence-corrected chi connectivity index (χ4v) is 3.85. The highest BCUT2D eigenvalue weighted by Crippen LogP contribution is 2.33. The first-order valence-corrected chi connectivity index (χ1v) is 9.54. The van der Waals surface area contributed by atoms with Crippen LogP contribution in [-0.4, -0.2) is 27.5 Å². The van der Waals surface area contributed by atoms with Gasteiger partial charge in [-0.15, -0.1) is 11.3 Å². The molecule has 1 amide bonds. The van der Waals surface area contributed by atoms with Gasteiger partial charge in [0.2, 0.25) is 0 Å². The number of benzene rings is 1. The third-order valence-corrected chi connectivity index (χ3v) is 5.28. The number of aromatic nitrogens is 2. The predicted octanol–water partition coefficient (Wildman–Crippen LogP) is 4.03. The van der Waals surface area contributed by atoms with Gasteiger partial charge in [0, 0.05) is 29.8 Å². The second-order valence-electron chi connectivity index (χ2n) is 6.49. The summed E-state index contributed by atoms with van der Waals surface area (Å²) in [6.07, 6.45) is 3.91. The highest BCUT2D eigenvalue weighted by atomic mass is 32.1. The minimum atomic E-state index is -0.136. The van der Waals surface area contributed by atoms with Gasteiger partial charge >= 0.3 is 0 Å². The molecule has 0 spiro atoms. The van der Waals surface area contributed by atoms with Gasteiger partial charge in [-0.3, -0.25) is 15.0 Å². The number of aryl methyl sites for hydroxylation is 1. The molecule has 1 fully saturated rings. The summed E-state index contributed by atoms with van der Waals surface area (Å²) >= 11 is 1.41. The van der Waals surface area contributed by atoms with Gasteiger partial charge in [0.15, 0.2) is 10.9 Å². The highest BCUT2D eigenvalue weighted by molar-refractivity contribution is 7.13. The third kappa shape index (κ3) is 3.68. The van der Waals surface area contributed by atoms with Crippen molar-refractivity contribution in [3.05, 3.63) is 64.5 Å². The molecule has 1 aliphatic rings. The van der Waals surface area contributed by atoms with Crippen molar-refractivity contribution < 1.29 is 9.32 Å². The van der Waals surface area contributed by atoms with Crippen LogP contribution in [0.5, 0.6) is 0 Å². The molecule has 0 saturated carbocycles. The molecule has 1 atom stereocenters. The maximum absolute atomic E-state index is 12.2. The molecule has 6 nitrogen and oxygen atoms in total. The summed E-state index contributed by atoms with van der Waals surface area (Å²) in [4.78, 5) is 18.7. The SMILES string of the molecule is Cc1cc([C@@H]2CCCN2Cc2ccc(C(=O)Nc3nccs3)cc2)on1. The number of nitrogens with zero attached hydrogens (tertiary/aromatic N) is 3. The molecule has 3 aromatic rings. The van der Waals surface area contributed by atoms with E-state index in [1.54, 1.807) is 6.20 Å². The van der Waals surface area contributed by atoms with E-state index in [1.165, 1.54) is 16.9 Å². The number of likely N-dealkylation sites (tertiary alicyclic amines) is 1. The molecule has 0 unspecified atom stereocenters. The number of nitrogens with one attached hydrogen (secondary N) is 1. The van der Waals surface area contributed by atoms with Crippen LogP contribution >= 0.6 is 11.3 Å². The number of hydrogen-bond acceptors (Lipinski definition) is 6. The van der Waals surface area contributed by atoms with E-state index in [0.717, 1.165) is 37.4 Å². The van der Waals surface area contributed by atoms with Crippen molar-refractivity contribution in [2.45, 2.75) is 32.4 Å². The first-order valence-electron chi connectivity index (χ1n) is 8.66. The number of hydrogen-bond donors (Lipinski definition) is 1. The zero-order valence-electron chi connectivity index (χ0n) is 14.5. The summed E-state index contributed by atoms with van der Waals surface area (Å²) in [6.45, 7) is 3.82. The highest BCUT2D eigenvalue weighted by Gasteiger charge is 2.29. The smallest absolute Gasteiger partial charge is 0.257 e. The van der Waals surface area contributed by atoms with Gasteiger partial charge in [0.25, 0.3) is 5.91 Å². The minimum Gasteiger partial charge on any atom is -0.359 e. The van der Waals surface area contributed by atoms with E-state index in [0.29, 0.717) is 10.7 Å². The van der Waals surface area contributed by atoms with E-state index in [2.05, 4.69) is 20.4 Å². The van der Waals surface area contributed by atoms with Crippen molar-refractivity contribution >= 4 is 22.4 Å². The van der Waals surface area contributed by atoms with Crippen LogP contribution in [0.25, 0.3) is 0 Å². The molecule has 0 radical (unpaired) electrons. The van der Waals surface area contributed by atoms with E-state index >= 15 is 0 Å². The molecule has 134 valence electrons. The molecule has 3 heterocycles. The molecule has 2 aromatic heterocycles. The van der Waals surface area contributed by atoms with Crippen LogP contribution in [0.2, 0.25) is 0 Å². The van der Waals surface area contributed by atoms with Gasteiger partial charge < -0.3 is 4.52 Å². The molecule has 1 saturated heterocycles. The Morgan fingerprint density at radius 2 is 2.23 bits per heavy atom. The summed E-state index contributed by atoms with van der Waals surface area (Å²) in [5.41, 5.74) is 2.73. The Morgan fingerprint density at radius 3 is 2.92 bits per heavy atom. The number of amides is 1. The molecule has 1 aromatic carbocycles. The molecule has 4 rings (SSSR count). The Balaban J connectivity index is 1.41. The summed E-state index contributed by atoms with van der Waals surface area (Å²) < 4.78 is 5.47. The summed E-state index contributed by atoms with van der Waals surface area (Å²) in [6, 6.07) is 10.1. The van der Waals surface area contributed by atoms with E-state index < -0.39 is 0 Å². The number of anilines is 1. The summed E-state index contributed by atoms with van der Waals surface area (Å²) in [7, 11) is 0. The van der Waals surface area contributed by atoms with Crippen LogP contribution < -0.4 is 5.32 Å². The molecule has 0 aliphatic carbocycles. The zero-order valence-corrected chi connectivity index (χ0v) is 15.3. The van der Waals surface area contributed by atoms with Crippen molar-refractivity contribution in [3.63, 3.8) is 0 Å². The van der Waals surface area contributed by atoms with E-state index in [4.69, 9.17) is 4.52 Å². The number of rotatable bonds is 5. The minimum absolute atomic E-state index is 0.136. The lowest BCUT2D eigenvalue weighted by Crippen LogP contribution is -2.22. The molecule has 26 heavy (non-hydrogen) atoms. The first kappa shape index (κ1) is 16.9. The zero-order chi connectivity index (χ0) is 17.9. The third-order valence-electron chi connectivity index (χ3n) is 4.59. The Labute approximate surface area is 155 Å². The molecule has 1 aliphatic heterocycles. The average Bonchev–Trinajstić information content (AvgIpc) is 3.38. The Hall–Kier alpha value is -2.51.